The van der Waals surface area contributed by atoms with Crippen LogP contribution in [0.4, 0.5) is 5.69 Å². The third kappa shape index (κ3) is 7.02. The van der Waals surface area contributed by atoms with Crippen molar-refractivity contribution < 1.29 is 14.3 Å². The van der Waals surface area contributed by atoms with E-state index in [1.54, 1.807) is 30.3 Å². The number of thiocarbonyl (C=S) groups is 1. The molecule has 7 heteroatoms. The Morgan fingerprint density at radius 2 is 1.82 bits per heavy atom. The first-order valence-corrected chi connectivity index (χ1v) is 12.0. The van der Waals surface area contributed by atoms with Gasteiger partial charge in [0, 0.05) is 18.7 Å². The number of hydrogen-bond donors (Lipinski definition) is 2. The second-order valence-corrected chi connectivity index (χ2v) is 9.30. The van der Waals surface area contributed by atoms with Crippen molar-refractivity contribution >= 4 is 34.8 Å². The van der Waals surface area contributed by atoms with Gasteiger partial charge in [0.25, 0.3) is 11.8 Å². The molecule has 0 saturated heterocycles. The van der Waals surface area contributed by atoms with Crippen LogP contribution in [0.2, 0.25) is 0 Å². The molecule has 0 unspecified atom stereocenters. The zero-order chi connectivity index (χ0) is 23.8. The average Bonchev–Trinajstić information content (AvgIpc) is 2.83. The van der Waals surface area contributed by atoms with Crippen LogP contribution >= 0.6 is 12.2 Å². The topological polar surface area (TPSA) is 70.7 Å². The summed E-state index contributed by atoms with van der Waals surface area (Å²) in [6.45, 7) is 4.71. The van der Waals surface area contributed by atoms with E-state index in [9.17, 15) is 9.59 Å². The minimum atomic E-state index is -0.342. The normalized spacial score (nSPS) is 13.9. The van der Waals surface area contributed by atoms with Crippen LogP contribution in [0.15, 0.2) is 48.5 Å². The second-order valence-electron chi connectivity index (χ2n) is 8.89. The molecule has 6 nitrogen and oxygen atoms in total. The van der Waals surface area contributed by atoms with E-state index in [4.69, 9.17) is 17.0 Å². The zero-order valence-corrected chi connectivity index (χ0v) is 20.4. The van der Waals surface area contributed by atoms with Crippen molar-refractivity contribution in [2.45, 2.75) is 52.0 Å². The van der Waals surface area contributed by atoms with E-state index < -0.39 is 0 Å². The maximum atomic E-state index is 13.2. The van der Waals surface area contributed by atoms with Crippen LogP contribution in [0.1, 0.15) is 66.7 Å². The molecule has 0 aliphatic heterocycles. The van der Waals surface area contributed by atoms with Gasteiger partial charge in [0.05, 0.1) is 17.9 Å². The lowest BCUT2D eigenvalue weighted by Crippen LogP contribution is -2.39. The van der Waals surface area contributed by atoms with Gasteiger partial charge in [0.15, 0.2) is 5.11 Å². The number of nitrogens with one attached hydrogen (secondary N) is 2. The molecule has 0 atom stereocenters. The van der Waals surface area contributed by atoms with Gasteiger partial charge in [0.1, 0.15) is 5.75 Å². The molecule has 1 saturated carbocycles. The number of amides is 2. The van der Waals surface area contributed by atoms with Crippen molar-refractivity contribution in [3.8, 4) is 5.75 Å². The molecule has 1 aliphatic carbocycles. The number of rotatable bonds is 7. The Bertz CT molecular complexity index is 986. The second kappa shape index (κ2) is 11.8. The van der Waals surface area contributed by atoms with Crippen LogP contribution in [0.3, 0.4) is 0 Å². The van der Waals surface area contributed by atoms with Crippen LogP contribution in [0, 0.1) is 5.92 Å². The molecular weight excluding hydrogens is 434 g/mol. The van der Waals surface area contributed by atoms with Gasteiger partial charge in [-0.15, -0.1) is 0 Å². The minimum absolute atomic E-state index is 0.0471. The molecule has 0 spiro atoms. The van der Waals surface area contributed by atoms with Crippen LogP contribution in [-0.2, 0) is 0 Å². The van der Waals surface area contributed by atoms with Gasteiger partial charge >= 0.3 is 0 Å². The first-order valence-electron chi connectivity index (χ1n) is 11.6. The number of benzene rings is 2. The van der Waals surface area contributed by atoms with Crippen molar-refractivity contribution in [3.63, 3.8) is 0 Å². The first-order chi connectivity index (χ1) is 15.8. The molecule has 0 aromatic heterocycles. The molecule has 2 aromatic carbocycles. The van der Waals surface area contributed by atoms with Crippen molar-refractivity contribution in [1.82, 2.24) is 10.2 Å². The molecule has 0 heterocycles. The predicted octanol–water partition coefficient (Wildman–Crippen LogP) is 5.25. The monoisotopic (exact) mass is 467 g/mol. The number of carbonyl (C=O) groups excluding carboxylic acids is 2. The molecule has 176 valence electrons. The zero-order valence-electron chi connectivity index (χ0n) is 19.6. The van der Waals surface area contributed by atoms with Gasteiger partial charge in [-0.25, -0.2) is 0 Å². The largest absolute Gasteiger partial charge is 0.493 e. The summed E-state index contributed by atoms with van der Waals surface area (Å²) < 4.78 is 5.70. The summed E-state index contributed by atoms with van der Waals surface area (Å²) in [5, 5.41) is 5.86. The maximum Gasteiger partial charge on any atom is 0.257 e. The summed E-state index contributed by atoms with van der Waals surface area (Å²) in [7, 11) is 1.86. The van der Waals surface area contributed by atoms with E-state index in [1.165, 1.54) is 6.42 Å². The fourth-order valence-corrected chi connectivity index (χ4v) is 4.12. The summed E-state index contributed by atoms with van der Waals surface area (Å²) in [4.78, 5) is 27.7. The highest BCUT2D eigenvalue weighted by molar-refractivity contribution is 7.80. The fraction of sp³-hybridized carbons (Fsp3) is 0.423. The standard InChI is InChI=1S/C26H33N3O3S/c1-18(2)17-32-21-13-9-10-19(16-21)24(30)28-26(33)27-23-15-8-7-14-22(23)25(31)29(3)20-11-5-4-6-12-20/h7-10,13-16,18,20H,4-6,11-12,17H2,1-3H3,(H2,27,28,30,33). The molecule has 1 aliphatic rings. The number of carbonyl (C=O) groups is 2. The van der Waals surface area contributed by atoms with E-state index in [-0.39, 0.29) is 23.0 Å². The quantitative estimate of drug-likeness (QED) is 0.544. The van der Waals surface area contributed by atoms with E-state index in [0.29, 0.717) is 35.1 Å². The Hall–Kier alpha value is -2.93. The van der Waals surface area contributed by atoms with Crippen LogP contribution < -0.4 is 15.4 Å². The summed E-state index contributed by atoms with van der Waals surface area (Å²) in [5.74, 6) is 0.635. The fourth-order valence-electron chi connectivity index (χ4n) is 3.92. The molecule has 2 aromatic rings. The number of para-hydroxylation sites is 1. The van der Waals surface area contributed by atoms with Crippen molar-refractivity contribution in [3.05, 3.63) is 59.7 Å². The summed E-state index contributed by atoms with van der Waals surface area (Å²) in [5.41, 5.74) is 1.55. The lowest BCUT2D eigenvalue weighted by Gasteiger charge is -2.31. The van der Waals surface area contributed by atoms with E-state index in [0.717, 1.165) is 25.7 Å². The van der Waals surface area contributed by atoms with Crippen molar-refractivity contribution in [1.29, 1.82) is 0 Å². The van der Waals surface area contributed by atoms with Gasteiger partial charge in [0.2, 0.25) is 0 Å². The van der Waals surface area contributed by atoms with Crippen molar-refractivity contribution in [2.75, 3.05) is 19.0 Å². The lowest BCUT2D eigenvalue weighted by atomic mass is 9.94. The molecule has 0 radical (unpaired) electrons. The van der Waals surface area contributed by atoms with Gasteiger partial charge in [-0.05, 0) is 61.3 Å². The molecule has 1 fully saturated rings. The first kappa shape index (κ1) is 24.7. The van der Waals surface area contributed by atoms with Crippen LogP contribution in [-0.4, -0.2) is 41.5 Å². The smallest absolute Gasteiger partial charge is 0.257 e. The molecule has 2 N–H and O–H groups in total. The number of ether oxygens (including phenoxy) is 1. The number of hydrogen-bond acceptors (Lipinski definition) is 4. The lowest BCUT2D eigenvalue weighted by molar-refractivity contribution is 0.0697. The Morgan fingerprint density at radius 1 is 1.09 bits per heavy atom. The predicted molar refractivity (Wildman–Crippen MR) is 136 cm³/mol. The highest BCUT2D eigenvalue weighted by atomic mass is 32.1. The number of nitrogens with zero attached hydrogens (tertiary/aromatic N) is 1. The Kier molecular flexibility index (Phi) is 8.83. The van der Waals surface area contributed by atoms with E-state index >= 15 is 0 Å². The third-order valence-electron chi connectivity index (χ3n) is 5.76. The average molecular weight is 468 g/mol. The summed E-state index contributed by atoms with van der Waals surface area (Å²) in [6, 6.07) is 14.5. The van der Waals surface area contributed by atoms with Gasteiger partial charge in [-0.3, -0.25) is 14.9 Å². The Balaban J connectivity index is 1.64. The SMILES string of the molecule is CC(C)COc1cccc(C(=O)NC(=S)Nc2ccccc2C(=O)N(C)C2CCCCC2)c1. The maximum absolute atomic E-state index is 13.2. The highest BCUT2D eigenvalue weighted by Crippen LogP contribution is 2.25. The molecule has 3 rings (SSSR count). The van der Waals surface area contributed by atoms with E-state index in [1.807, 2.05) is 30.1 Å². The van der Waals surface area contributed by atoms with Crippen LogP contribution in [0.25, 0.3) is 0 Å². The number of anilines is 1. The molecule has 0 bridgehead atoms. The Morgan fingerprint density at radius 3 is 2.55 bits per heavy atom. The Labute approximate surface area is 201 Å². The molecule has 33 heavy (non-hydrogen) atoms. The third-order valence-corrected chi connectivity index (χ3v) is 5.96. The van der Waals surface area contributed by atoms with Crippen LogP contribution in [0.5, 0.6) is 5.75 Å². The summed E-state index contributed by atoms with van der Waals surface area (Å²) in [6.07, 6.45) is 5.61. The van der Waals surface area contributed by atoms with E-state index in [2.05, 4.69) is 24.5 Å². The van der Waals surface area contributed by atoms with Crippen molar-refractivity contribution in [2.24, 2.45) is 5.92 Å². The van der Waals surface area contributed by atoms with Gasteiger partial charge in [-0.1, -0.05) is 51.3 Å². The van der Waals surface area contributed by atoms with Gasteiger partial charge in [-0.2, -0.15) is 0 Å². The van der Waals surface area contributed by atoms with Gasteiger partial charge < -0.3 is 15.0 Å². The molecule has 2 amide bonds. The summed E-state index contributed by atoms with van der Waals surface area (Å²) >= 11 is 5.37. The molecular formula is C26H33N3O3S. The minimum Gasteiger partial charge on any atom is -0.493 e. The highest BCUT2D eigenvalue weighted by Gasteiger charge is 2.24.